The molecule has 132 valence electrons. The van der Waals surface area contributed by atoms with Gasteiger partial charge in [0.05, 0.1) is 12.5 Å². The molecular weight excluding hydrogens is 300 g/mol. The summed E-state index contributed by atoms with van der Waals surface area (Å²) in [4.78, 5) is 12.4. The number of ether oxygens (including phenoxy) is 2. The number of hydrogen-bond acceptors (Lipinski definition) is 3. The summed E-state index contributed by atoms with van der Waals surface area (Å²) < 4.78 is 11.3. The van der Waals surface area contributed by atoms with Crippen LogP contribution in [-0.4, -0.2) is 12.6 Å². The van der Waals surface area contributed by atoms with Gasteiger partial charge in [-0.2, -0.15) is 0 Å². The molecule has 0 amide bonds. The third kappa shape index (κ3) is 4.62. The van der Waals surface area contributed by atoms with Crippen LogP contribution in [0.25, 0.3) is 0 Å². The lowest BCUT2D eigenvalue weighted by Crippen LogP contribution is -2.10. The number of hydrogen-bond donors (Lipinski definition) is 0. The third-order valence-electron chi connectivity index (χ3n) is 4.72. The minimum atomic E-state index is -0.0974. The number of rotatable bonds is 8. The van der Waals surface area contributed by atoms with Crippen molar-refractivity contribution in [3.05, 3.63) is 41.5 Å². The first-order valence-electron chi connectivity index (χ1n) is 8.89. The van der Waals surface area contributed by atoms with Gasteiger partial charge in [-0.05, 0) is 49.3 Å². The maximum atomic E-state index is 12.4. The fourth-order valence-corrected chi connectivity index (χ4v) is 3.10. The number of allylic oxidation sites excluding steroid dienone is 2. The van der Waals surface area contributed by atoms with Crippen molar-refractivity contribution in [2.24, 2.45) is 17.3 Å². The highest BCUT2D eigenvalue weighted by Gasteiger charge is 2.61. The molecule has 0 N–H and O–H groups in total. The highest BCUT2D eigenvalue weighted by atomic mass is 16.5. The van der Waals surface area contributed by atoms with Gasteiger partial charge in [-0.3, -0.25) is 4.79 Å². The van der Waals surface area contributed by atoms with Gasteiger partial charge in [0.1, 0.15) is 12.4 Å². The van der Waals surface area contributed by atoms with Gasteiger partial charge in [-0.1, -0.05) is 51.0 Å². The van der Waals surface area contributed by atoms with Crippen LogP contribution in [0, 0.1) is 17.3 Å². The van der Waals surface area contributed by atoms with Crippen LogP contribution in [0.4, 0.5) is 0 Å². The predicted octanol–water partition coefficient (Wildman–Crippen LogP) is 5.15. The molecular formula is C21H30O3. The molecule has 1 aliphatic rings. The first-order valence-corrected chi connectivity index (χ1v) is 8.89. The molecule has 1 fully saturated rings. The van der Waals surface area contributed by atoms with Crippen molar-refractivity contribution in [1.29, 1.82) is 0 Å². The highest BCUT2D eigenvalue weighted by Crippen LogP contribution is 2.59. The van der Waals surface area contributed by atoms with Crippen LogP contribution in [0.15, 0.2) is 35.9 Å². The van der Waals surface area contributed by atoms with E-state index in [2.05, 4.69) is 40.7 Å². The Labute approximate surface area is 146 Å². The lowest BCUT2D eigenvalue weighted by molar-refractivity contribution is -0.147. The van der Waals surface area contributed by atoms with E-state index in [-0.39, 0.29) is 17.3 Å². The Balaban J connectivity index is 1.88. The maximum Gasteiger partial charge on any atom is 0.310 e. The van der Waals surface area contributed by atoms with E-state index in [1.807, 2.05) is 24.3 Å². The van der Waals surface area contributed by atoms with Crippen LogP contribution in [0.1, 0.15) is 53.0 Å². The lowest BCUT2D eigenvalue weighted by atomic mass is 10.1. The van der Waals surface area contributed by atoms with Crippen molar-refractivity contribution in [1.82, 2.24) is 0 Å². The summed E-state index contributed by atoms with van der Waals surface area (Å²) in [7, 11) is 0. The predicted molar refractivity (Wildman–Crippen MR) is 96.8 cm³/mol. The molecule has 0 bridgehead atoms. The van der Waals surface area contributed by atoms with Crippen molar-refractivity contribution in [2.45, 2.75) is 54.1 Å². The molecule has 0 aliphatic heterocycles. The number of carbonyl (C=O) groups excluding carboxylic acids is 1. The van der Waals surface area contributed by atoms with Gasteiger partial charge < -0.3 is 9.47 Å². The molecule has 0 saturated heterocycles. The second-order valence-corrected chi connectivity index (χ2v) is 7.53. The molecule has 2 atom stereocenters. The topological polar surface area (TPSA) is 35.5 Å². The summed E-state index contributed by atoms with van der Waals surface area (Å²) in [5.74, 6) is 1.00. The van der Waals surface area contributed by atoms with Crippen LogP contribution >= 0.6 is 0 Å². The van der Waals surface area contributed by atoms with Crippen molar-refractivity contribution in [3.63, 3.8) is 0 Å². The van der Waals surface area contributed by atoms with E-state index in [1.54, 1.807) is 0 Å². The fraction of sp³-hybridized carbons (Fsp3) is 0.571. The molecule has 1 aliphatic carbocycles. The molecule has 0 spiro atoms. The standard InChI is InChI=1S/C21H30O3/c1-6-7-11-23-17-10-8-9-16(13-17)14-24-20(22)19-18(12-15(2)3)21(19,4)5/h8-10,12-13,18-19H,6-7,11,14H2,1-5H3/t18?,19-/m0/s1. The molecule has 1 aromatic carbocycles. The summed E-state index contributed by atoms with van der Waals surface area (Å²) in [6, 6.07) is 7.80. The number of carbonyl (C=O) groups is 1. The third-order valence-corrected chi connectivity index (χ3v) is 4.72. The molecule has 1 aromatic rings. The van der Waals surface area contributed by atoms with Crippen molar-refractivity contribution >= 4 is 5.97 Å². The molecule has 3 nitrogen and oxygen atoms in total. The maximum absolute atomic E-state index is 12.4. The molecule has 0 radical (unpaired) electrons. The van der Waals surface area contributed by atoms with E-state index in [9.17, 15) is 4.79 Å². The van der Waals surface area contributed by atoms with Crippen LogP contribution < -0.4 is 4.74 Å². The summed E-state index contributed by atoms with van der Waals surface area (Å²) >= 11 is 0. The molecule has 0 heterocycles. The van der Waals surface area contributed by atoms with Gasteiger partial charge in [0.2, 0.25) is 0 Å². The van der Waals surface area contributed by atoms with E-state index < -0.39 is 0 Å². The van der Waals surface area contributed by atoms with E-state index in [0.717, 1.165) is 30.8 Å². The van der Waals surface area contributed by atoms with Gasteiger partial charge in [-0.15, -0.1) is 0 Å². The van der Waals surface area contributed by atoms with Gasteiger partial charge in [0.25, 0.3) is 0 Å². The molecule has 1 saturated carbocycles. The van der Waals surface area contributed by atoms with E-state index in [4.69, 9.17) is 9.47 Å². The second kappa shape index (κ2) is 7.87. The molecule has 1 unspecified atom stereocenters. The molecule has 3 heteroatoms. The Kier molecular flexibility index (Phi) is 6.09. The Hall–Kier alpha value is -1.77. The van der Waals surface area contributed by atoms with Gasteiger partial charge in [-0.25, -0.2) is 0 Å². The summed E-state index contributed by atoms with van der Waals surface area (Å²) in [6.45, 7) is 11.6. The zero-order valence-electron chi connectivity index (χ0n) is 15.6. The summed E-state index contributed by atoms with van der Waals surface area (Å²) in [5, 5.41) is 0. The Morgan fingerprint density at radius 2 is 2.04 bits per heavy atom. The molecule has 0 aromatic heterocycles. The Morgan fingerprint density at radius 3 is 2.71 bits per heavy atom. The monoisotopic (exact) mass is 330 g/mol. The molecule has 2 rings (SSSR count). The SMILES string of the molecule is CCCCOc1cccc(COC(=O)[C@@H]2C(C=C(C)C)C2(C)C)c1. The Bertz CT molecular complexity index is 597. The average molecular weight is 330 g/mol. The quantitative estimate of drug-likeness (QED) is 0.376. The second-order valence-electron chi connectivity index (χ2n) is 7.53. The first kappa shape index (κ1) is 18.6. The van der Waals surface area contributed by atoms with Crippen molar-refractivity contribution < 1.29 is 14.3 Å². The summed E-state index contributed by atoms with van der Waals surface area (Å²) in [6.07, 6.45) is 4.34. The fourth-order valence-electron chi connectivity index (χ4n) is 3.10. The van der Waals surface area contributed by atoms with Crippen molar-refractivity contribution in [2.75, 3.05) is 6.61 Å². The number of esters is 1. The number of benzene rings is 1. The number of unbranched alkanes of at least 4 members (excludes halogenated alkanes) is 1. The first-order chi connectivity index (χ1) is 11.4. The normalized spacial score (nSPS) is 21.0. The lowest BCUT2D eigenvalue weighted by Gasteiger charge is -2.09. The minimum absolute atomic E-state index is 0.000531. The average Bonchev–Trinajstić information content (AvgIpc) is 3.05. The van der Waals surface area contributed by atoms with E-state index in [0.29, 0.717) is 12.5 Å². The van der Waals surface area contributed by atoms with Crippen LogP contribution in [-0.2, 0) is 16.1 Å². The van der Waals surface area contributed by atoms with Gasteiger partial charge in [0.15, 0.2) is 0 Å². The summed E-state index contributed by atoms with van der Waals surface area (Å²) in [5.41, 5.74) is 2.22. The van der Waals surface area contributed by atoms with Crippen LogP contribution in [0.3, 0.4) is 0 Å². The zero-order chi connectivity index (χ0) is 17.7. The van der Waals surface area contributed by atoms with Crippen LogP contribution in [0.2, 0.25) is 0 Å². The minimum Gasteiger partial charge on any atom is -0.494 e. The van der Waals surface area contributed by atoms with E-state index in [1.165, 1.54) is 5.57 Å². The zero-order valence-corrected chi connectivity index (χ0v) is 15.6. The van der Waals surface area contributed by atoms with Gasteiger partial charge >= 0.3 is 5.97 Å². The smallest absolute Gasteiger partial charge is 0.310 e. The van der Waals surface area contributed by atoms with Gasteiger partial charge in [0, 0.05) is 0 Å². The van der Waals surface area contributed by atoms with Crippen LogP contribution in [0.5, 0.6) is 5.75 Å². The highest BCUT2D eigenvalue weighted by molar-refractivity contribution is 5.78. The Morgan fingerprint density at radius 1 is 1.29 bits per heavy atom. The largest absolute Gasteiger partial charge is 0.494 e. The molecule has 24 heavy (non-hydrogen) atoms. The van der Waals surface area contributed by atoms with Crippen molar-refractivity contribution in [3.8, 4) is 5.75 Å². The van der Waals surface area contributed by atoms with E-state index >= 15 is 0 Å².